The van der Waals surface area contributed by atoms with Crippen LogP contribution in [0.4, 0.5) is 11.4 Å². The smallest absolute Gasteiger partial charge is 0.338 e. The lowest BCUT2D eigenvalue weighted by molar-refractivity contribution is 0.0598. The first kappa shape index (κ1) is 51.9. The predicted molar refractivity (Wildman–Crippen MR) is 262 cm³/mol. The normalized spacial score (nSPS) is 11.8. The van der Waals surface area contributed by atoms with Gasteiger partial charge in [-0.25, -0.2) is 19.6 Å². The van der Waals surface area contributed by atoms with Gasteiger partial charge in [0.1, 0.15) is 11.7 Å². The van der Waals surface area contributed by atoms with E-state index in [2.05, 4.69) is 62.4 Å². The molecule has 0 fully saturated rings. The second-order valence-electron chi connectivity index (χ2n) is 17.5. The predicted octanol–water partition coefficient (Wildman–Crippen LogP) is 13.9. The lowest BCUT2D eigenvalue weighted by atomic mass is 9.93. The number of methoxy groups -OCH3 is 2. The Balaban J connectivity index is 1.74. The van der Waals surface area contributed by atoms with Gasteiger partial charge >= 0.3 is 11.9 Å². The summed E-state index contributed by atoms with van der Waals surface area (Å²) >= 11 is 0. The highest BCUT2D eigenvalue weighted by Crippen LogP contribution is 2.25. The Kier molecular flexibility index (Phi) is 25.6. The summed E-state index contributed by atoms with van der Waals surface area (Å²) in [6.45, 7) is 4.54. The maximum atomic E-state index is 13.3. The number of amidine groups is 2. The number of nitrogens with zero attached hydrogens (tertiary/aromatic N) is 4. The van der Waals surface area contributed by atoms with Crippen LogP contribution in [-0.2, 0) is 35.2 Å². The number of hydrogen-bond donors (Lipinski definition) is 0. The number of carbonyl (C=O) groups is 2. The Bertz CT molecular complexity index is 1650. The molecule has 3 aromatic rings. The van der Waals surface area contributed by atoms with Crippen LogP contribution in [0.1, 0.15) is 185 Å². The molecule has 0 spiro atoms. The zero-order valence-corrected chi connectivity index (χ0v) is 40.2. The summed E-state index contributed by atoms with van der Waals surface area (Å²) in [5, 5.41) is 0. The Hall–Kier alpha value is -4.46. The largest absolute Gasteiger partial charge is 0.465 e. The Morgan fingerprint density at radius 1 is 0.452 bits per heavy atom. The van der Waals surface area contributed by atoms with Gasteiger partial charge in [-0.2, -0.15) is 0 Å². The van der Waals surface area contributed by atoms with E-state index in [1.54, 1.807) is 6.07 Å². The minimum Gasteiger partial charge on any atom is -0.465 e. The van der Waals surface area contributed by atoms with Crippen molar-refractivity contribution in [2.75, 3.05) is 42.4 Å². The lowest BCUT2D eigenvalue weighted by Crippen LogP contribution is -2.27. The number of carbonyl (C=O) groups excluding carboxylic acids is 2. The molecular formula is C54H82N4O4. The van der Waals surface area contributed by atoms with Crippen LogP contribution in [0.5, 0.6) is 0 Å². The van der Waals surface area contributed by atoms with Gasteiger partial charge in [0.2, 0.25) is 0 Å². The molecule has 0 saturated heterocycles. The standard InChI is InChI=1S/C54H82N4O4/c1-9-11-13-15-17-19-21-23-25-27-29-43-31-35-47(36-32-43)55-51(57(3)4)40-45-39-46(50(54(60)62-8)42-49(45)53(59)61-7)41-52(58(5)6)56-48-37-33-44(34-38-48)30-28-26-24-22-20-18-16-14-12-10-2/h31-39,42H,9-30,40-41H2,1-8H3. The monoisotopic (exact) mass is 851 g/mol. The van der Waals surface area contributed by atoms with E-state index in [4.69, 9.17) is 19.5 Å². The Labute approximate surface area is 377 Å². The fourth-order valence-electron chi connectivity index (χ4n) is 7.93. The van der Waals surface area contributed by atoms with E-state index in [0.29, 0.717) is 35.1 Å². The summed E-state index contributed by atoms with van der Waals surface area (Å²) in [6.07, 6.45) is 29.5. The molecule has 62 heavy (non-hydrogen) atoms. The van der Waals surface area contributed by atoms with Crippen LogP contribution in [0, 0.1) is 0 Å². The quantitative estimate of drug-likeness (QED) is 0.0287. The van der Waals surface area contributed by atoms with E-state index in [9.17, 15) is 9.59 Å². The Morgan fingerprint density at radius 3 is 1.05 bits per heavy atom. The third-order valence-corrected chi connectivity index (χ3v) is 11.9. The van der Waals surface area contributed by atoms with Crippen LogP contribution < -0.4 is 0 Å². The fraction of sp³-hybridized carbons (Fsp3) is 0.593. The highest BCUT2D eigenvalue weighted by atomic mass is 16.5. The minimum absolute atomic E-state index is 0.305. The highest BCUT2D eigenvalue weighted by Gasteiger charge is 2.23. The SMILES string of the molecule is CCCCCCCCCCCCc1ccc(N=C(Cc2cc(CC(=Nc3ccc(CCCCCCCCCCCC)cc3)N(C)C)c(C(=O)OC)cc2C(=O)OC)N(C)C)cc1. The van der Waals surface area contributed by atoms with E-state index in [1.165, 1.54) is 154 Å². The van der Waals surface area contributed by atoms with Gasteiger partial charge in [-0.05, 0) is 78.3 Å². The second-order valence-corrected chi connectivity index (χ2v) is 17.5. The average molecular weight is 851 g/mol. The molecule has 0 aliphatic heterocycles. The van der Waals surface area contributed by atoms with Crippen molar-refractivity contribution < 1.29 is 19.1 Å². The molecule has 8 heteroatoms. The van der Waals surface area contributed by atoms with Crippen molar-refractivity contribution >= 4 is 35.0 Å². The van der Waals surface area contributed by atoms with Gasteiger partial charge in [-0.1, -0.05) is 160 Å². The zero-order valence-electron chi connectivity index (χ0n) is 40.2. The molecule has 0 aliphatic carbocycles. The van der Waals surface area contributed by atoms with Gasteiger partial charge in [0, 0.05) is 41.0 Å². The van der Waals surface area contributed by atoms with Crippen molar-refractivity contribution in [3.8, 4) is 0 Å². The van der Waals surface area contributed by atoms with Crippen molar-refractivity contribution in [3.63, 3.8) is 0 Å². The summed E-state index contributed by atoms with van der Waals surface area (Å²) < 4.78 is 10.5. The summed E-state index contributed by atoms with van der Waals surface area (Å²) in [4.78, 5) is 40.6. The van der Waals surface area contributed by atoms with Crippen molar-refractivity contribution in [2.45, 2.75) is 168 Å². The number of hydrogen-bond acceptors (Lipinski definition) is 6. The van der Waals surface area contributed by atoms with Crippen molar-refractivity contribution in [1.29, 1.82) is 0 Å². The van der Waals surface area contributed by atoms with Crippen molar-refractivity contribution in [2.24, 2.45) is 9.98 Å². The number of aryl methyl sites for hydroxylation is 2. The molecule has 0 N–H and O–H groups in total. The van der Waals surface area contributed by atoms with Gasteiger partial charge in [0.25, 0.3) is 0 Å². The molecule has 0 saturated carbocycles. The molecule has 0 heterocycles. The molecule has 0 atom stereocenters. The van der Waals surface area contributed by atoms with E-state index in [1.807, 2.05) is 44.1 Å². The molecule has 342 valence electrons. The van der Waals surface area contributed by atoms with Crippen molar-refractivity contribution in [3.05, 3.63) is 94.0 Å². The molecule has 0 aliphatic rings. The van der Waals surface area contributed by atoms with Gasteiger partial charge < -0.3 is 19.3 Å². The van der Waals surface area contributed by atoms with Crippen LogP contribution in [-0.4, -0.2) is 75.8 Å². The number of rotatable bonds is 30. The number of esters is 2. The maximum Gasteiger partial charge on any atom is 0.338 e. The lowest BCUT2D eigenvalue weighted by Gasteiger charge is -2.21. The first-order valence-corrected chi connectivity index (χ1v) is 24.1. The third kappa shape index (κ3) is 19.7. The van der Waals surface area contributed by atoms with E-state index in [-0.39, 0.29) is 0 Å². The number of benzene rings is 3. The summed E-state index contributed by atoms with van der Waals surface area (Å²) in [5.41, 5.74) is 6.37. The Morgan fingerprint density at radius 2 is 0.758 bits per heavy atom. The average Bonchev–Trinajstić information content (AvgIpc) is 3.27. The molecule has 3 aromatic carbocycles. The number of ether oxygens (including phenoxy) is 2. The third-order valence-electron chi connectivity index (χ3n) is 11.9. The van der Waals surface area contributed by atoms with E-state index < -0.39 is 11.9 Å². The van der Waals surface area contributed by atoms with Gasteiger partial charge in [0.15, 0.2) is 0 Å². The molecule has 0 unspecified atom stereocenters. The summed E-state index contributed by atoms with van der Waals surface area (Å²) in [7, 11) is 10.5. The second kappa shape index (κ2) is 30.6. The molecule has 0 radical (unpaired) electrons. The number of likely N-dealkylation sites (N-methyl/N-ethyl adjacent to an activating group) is 2. The van der Waals surface area contributed by atoms with Crippen LogP contribution in [0.25, 0.3) is 0 Å². The minimum atomic E-state index is -0.523. The van der Waals surface area contributed by atoms with Crippen LogP contribution in [0.15, 0.2) is 70.6 Å². The maximum absolute atomic E-state index is 13.3. The molecule has 0 bridgehead atoms. The summed E-state index contributed by atoms with van der Waals surface area (Å²) in [5.74, 6) is 0.499. The van der Waals surface area contributed by atoms with Gasteiger partial charge in [0.05, 0.1) is 36.7 Å². The first-order valence-electron chi connectivity index (χ1n) is 24.1. The molecule has 8 nitrogen and oxygen atoms in total. The van der Waals surface area contributed by atoms with E-state index in [0.717, 1.165) is 35.9 Å². The fourth-order valence-corrected chi connectivity index (χ4v) is 7.93. The van der Waals surface area contributed by atoms with Crippen LogP contribution in [0.3, 0.4) is 0 Å². The first-order chi connectivity index (χ1) is 30.1. The van der Waals surface area contributed by atoms with Gasteiger partial charge in [-0.3, -0.25) is 0 Å². The van der Waals surface area contributed by atoms with Crippen molar-refractivity contribution in [1.82, 2.24) is 9.80 Å². The molecular weight excluding hydrogens is 769 g/mol. The van der Waals surface area contributed by atoms with Crippen LogP contribution in [0.2, 0.25) is 0 Å². The molecule has 3 rings (SSSR count). The van der Waals surface area contributed by atoms with E-state index >= 15 is 0 Å². The molecule has 0 aromatic heterocycles. The number of unbranched alkanes of at least 4 members (excludes halogenated alkanes) is 18. The van der Waals surface area contributed by atoms with Crippen LogP contribution >= 0.6 is 0 Å². The molecule has 0 amide bonds. The highest BCUT2D eigenvalue weighted by molar-refractivity contribution is 6.00. The summed E-state index contributed by atoms with van der Waals surface area (Å²) in [6, 6.07) is 20.5. The number of aliphatic imine (C=N–C) groups is 2. The topological polar surface area (TPSA) is 83.8 Å². The van der Waals surface area contributed by atoms with Gasteiger partial charge in [-0.15, -0.1) is 0 Å². The zero-order chi connectivity index (χ0) is 45.0.